The van der Waals surface area contributed by atoms with Crippen LogP contribution < -0.4 is 10.9 Å². The monoisotopic (exact) mass is 260 g/mol. The number of rotatable bonds is 4. The Hall–Kier alpha value is -2.43. The lowest BCUT2D eigenvalue weighted by Gasteiger charge is -2.05. The van der Waals surface area contributed by atoms with Crippen molar-refractivity contribution >= 4 is 5.91 Å². The number of carbonyl (C=O) groups is 1. The van der Waals surface area contributed by atoms with Crippen molar-refractivity contribution in [2.45, 2.75) is 6.42 Å². The van der Waals surface area contributed by atoms with Crippen LogP contribution in [0, 0.1) is 5.82 Å². The van der Waals surface area contributed by atoms with Crippen LogP contribution in [-0.2, 0) is 6.42 Å². The number of hydrogen-bond acceptors (Lipinski definition) is 2. The largest absolute Gasteiger partial charge is 0.352 e. The van der Waals surface area contributed by atoms with E-state index in [-0.39, 0.29) is 17.3 Å². The zero-order valence-corrected chi connectivity index (χ0v) is 10.2. The third-order valence-corrected chi connectivity index (χ3v) is 2.65. The molecule has 0 unspecified atom stereocenters. The molecular formula is C14H13FN2O2. The molecule has 2 rings (SSSR count). The van der Waals surface area contributed by atoms with Crippen molar-refractivity contribution in [3.63, 3.8) is 0 Å². The maximum atomic E-state index is 12.7. The highest BCUT2D eigenvalue weighted by Crippen LogP contribution is 2.03. The average Bonchev–Trinajstić information content (AvgIpc) is 2.41. The molecule has 0 spiro atoms. The molecule has 0 aliphatic heterocycles. The van der Waals surface area contributed by atoms with Gasteiger partial charge in [0.15, 0.2) is 0 Å². The number of amides is 1. The number of pyridine rings is 1. The van der Waals surface area contributed by atoms with Crippen molar-refractivity contribution in [2.75, 3.05) is 6.54 Å². The van der Waals surface area contributed by atoms with Crippen molar-refractivity contribution in [1.29, 1.82) is 0 Å². The Kier molecular flexibility index (Phi) is 4.07. The summed E-state index contributed by atoms with van der Waals surface area (Å²) < 4.78 is 12.7. The second-order valence-electron chi connectivity index (χ2n) is 4.07. The van der Waals surface area contributed by atoms with E-state index in [9.17, 15) is 14.0 Å². The first kappa shape index (κ1) is 13.0. The summed E-state index contributed by atoms with van der Waals surface area (Å²) >= 11 is 0. The van der Waals surface area contributed by atoms with Gasteiger partial charge in [0.25, 0.3) is 5.91 Å². The molecule has 0 radical (unpaired) electrons. The van der Waals surface area contributed by atoms with Gasteiger partial charge in [-0.3, -0.25) is 9.59 Å². The lowest BCUT2D eigenvalue weighted by Crippen LogP contribution is -2.26. The van der Waals surface area contributed by atoms with Gasteiger partial charge in [-0.25, -0.2) is 4.39 Å². The molecule has 1 aromatic carbocycles. The zero-order chi connectivity index (χ0) is 13.7. The van der Waals surface area contributed by atoms with Gasteiger partial charge < -0.3 is 10.3 Å². The Morgan fingerprint density at radius 1 is 1.21 bits per heavy atom. The molecular weight excluding hydrogens is 247 g/mol. The lowest BCUT2D eigenvalue weighted by molar-refractivity contribution is 0.0954. The second kappa shape index (κ2) is 5.95. The van der Waals surface area contributed by atoms with Crippen LogP contribution >= 0.6 is 0 Å². The molecule has 2 N–H and O–H groups in total. The smallest absolute Gasteiger partial charge is 0.251 e. The Balaban J connectivity index is 1.87. The number of hydrogen-bond donors (Lipinski definition) is 2. The van der Waals surface area contributed by atoms with Crippen molar-refractivity contribution in [2.24, 2.45) is 0 Å². The summed E-state index contributed by atoms with van der Waals surface area (Å²) in [7, 11) is 0. The Morgan fingerprint density at radius 3 is 2.63 bits per heavy atom. The van der Waals surface area contributed by atoms with Crippen molar-refractivity contribution in [3.05, 3.63) is 69.9 Å². The van der Waals surface area contributed by atoms with E-state index >= 15 is 0 Å². The molecule has 5 heteroatoms. The standard InChI is InChI=1S/C14H13FN2O2/c15-12-3-1-10(2-4-12)5-7-17-14(19)11-6-8-16-13(18)9-11/h1-4,6,8-9H,5,7H2,(H,16,18)(H,17,19). The number of aromatic nitrogens is 1. The molecule has 1 heterocycles. The van der Waals surface area contributed by atoms with Gasteiger partial charge in [-0.1, -0.05) is 12.1 Å². The second-order valence-corrected chi connectivity index (χ2v) is 4.07. The number of halogens is 1. The fourth-order valence-corrected chi connectivity index (χ4v) is 1.66. The van der Waals surface area contributed by atoms with Crippen LogP contribution in [0.25, 0.3) is 0 Å². The first-order valence-corrected chi connectivity index (χ1v) is 5.86. The third-order valence-electron chi connectivity index (χ3n) is 2.65. The summed E-state index contributed by atoms with van der Waals surface area (Å²) in [6.45, 7) is 0.428. The molecule has 98 valence electrons. The summed E-state index contributed by atoms with van der Waals surface area (Å²) in [4.78, 5) is 25.2. The van der Waals surface area contributed by atoms with E-state index in [1.165, 1.54) is 30.5 Å². The highest BCUT2D eigenvalue weighted by Gasteiger charge is 2.04. The van der Waals surface area contributed by atoms with E-state index in [1.807, 2.05) is 0 Å². The van der Waals surface area contributed by atoms with Gasteiger partial charge in [-0.2, -0.15) is 0 Å². The minimum Gasteiger partial charge on any atom is -0.352 e. The van der Waals surface area contributed by atoms with Gasteiger partial charge >= 0.3 is 0 Å². The average molecular weight is 260 g/mol. The van der Waals surface area contributed by atoms with Gasteiger partial charge in [0, 0.05) is 24.4 Å². The molecule has 19 heavy (non-hydrogen) atoms. The molecule has 0 aliphatic carbocycles. The van der Waals surface area contributed by atoms with Crippen LogP contribution in [0.5, 0.6) is 0 Å². The fraction of sp³-hybridized carbons (Fsp3) is 0.143. The molecule has 1 aromatic heterocycles. The molecule has 0 fully saturated rings. The normalized spacial score (nSPS) is 10.2. The number of H-pyrrole nitrogens is 1. The van der Waals surface area contributed by atoms with Crippen LogP contribution in [0.4, 0.5) is 4.39 Å². The molecule has 0 atom stereocenters. The van der Waals surface area contributed by atoms with Crippen LogP contribution in [0.1, 0.15) is 15.9 Å². The molecule has 0 saturated heterocycles. The van der Waals surface area contributed by atoms with Crippen LogP contribution in [0.3, 0.4) is 0 Å². The number of nitrogens with one attached hydrogen (secondary N) is 2. The fourth-order valence-electron chi connectivity index (χ4n) is 1.66. The molecule has 0 aliphatic rings. The Labute approximate surface area is 109 Å². The van der Waals surface area contributed by atoms with Gasteiger partial charge in [0.1, 0.15) is 5.82 Å². The molecule has 2 aromatic rings. The molecule has 4 nitrogen and oxygen atoms in total. The van der Waals surface area contributed by atoms with E-state index in [0.717, 1.165) is 5.56 Å². The van der Waals surface area contributed by atoms with Crippen LogP contribution in [0.15, 0.2) is 47.4 Å². The van der Waals surface area contributed by atoms with E-state index in [4.69, 9.17) is 0 Å². The topological polar surface area (TPSA) is 62.0 Å². The molecule has 1 amide bonds. The van der Waals surface area contributed by atoms with E-state index in [2.05, 4.69) is 10.3 Å². The number of benzene rings is 1. The predicted octanol–water partition coefficient (Wildman–Crippen LogP) is 1.49. The maximum absolute atomic E-state index is 12.7. The lowest BCUT2D eigenvalue weighted by atomic mass is 10.1. The Morgan fingerprint density at radius 2 is 1.95 bits per heavy atom. The minimum atomic E-state index is -0.314. The summed E-state index contributed by atoms with van der Waals surface area (Å²) in [5.41, 5.74) is 0.946. The van der Waals surface area contributed by atoms with E-state index in [0.29, 0.717) is 18.5 Å². The first-order valence-electron chi connectivity index (χ1n) is 5.86. The summed E-state index contributed by atoms with van der Waals surface area (Å²) in [6.07, 6.45) is 2.03. The SMILES string of the molecule is O=C(NCCc1ccc(F)cc1)c1cc[nH]c(=O)c1. The first-order chi connectivity index (χ1) is 9.15. The summed E-state index contributed by atoms with van der Waals surface area (Å²) in [5, 5.41) is 2.70. The van der Waals surface area contributed by atoms with Gasteiger partial charge in [-0.15, -0.1) is 0 Å². The van der Waals surface area contributed by atoms with Gasteiger partial charge in [0.05, 0.1) is 0 Å². The zero-order valence-electron chi connectivity index (χ0n) is 10.2. The maximum Gasteiger partial charge on any atom is 0.251 e. The van der Waals surface area contributed by atoms with Crippen molar-refractivity contribution in [1.82, 2.24) is 10.3 Å². The van der Waals surface area contributed by atoms with E-state index < -0.39 is 0 Å². The van der Waals surface area contributed by atoms with Crippen LogP contribution in [0.2, 0.25) is 0 Å². The van der Waals surface area contributed by atoms with Gasteiger partial charge in [0.2, 0.25) is 5.56 Å². The summed E-state index contributed by atoms with van der Waals surface area (Å²) in [5.74, 6) is -0.579. The third kappa shape index (κ3) is 3.77. The quantitative estimate of drug-likeness (QED) is 0.874. The molecule has 0 saturated carbocycles. The number of aromatic amines is 1. The van der Waals surface area contributed by atoms with E-state index in [1.54, 1.807) is 12.1 Å². The van der Waals surface area contributed by atoms with Crippen LogP contribution in [-0.4, -0.2) is 17.4 Å². The van der Waals surface area contributed by atoms with Gasteiger partial charge in [-0.05, 0) is 30.2 Å². The predicted molar refractivity (Wildman–Crippen MR) is 69.5 cm³/mol. The highest BCUT2D eigenvalue weighted by molar-refractivity contribution is 5.93. The van der Waals surface area contributed by atoms with Crippen molar-refractivity contribution < 1.29 is 9.18 Å². The minimum absolute atomic E-state index is 0.281. The van der Waals surface area contributed by atoms with Crippen molar-refractivity contribution in [3.8, 4) is 0 Å². The summed E-state index contributed by atoms with van der Waals surface area (Å²) in [6, 6.07) is 8.90. The molecule has 0 bridgehead atoms. The Bertz CT molecular complexity index is 620. The number of carbonyl (C=O) groups excluding carboxylic acids is 1. The highest BCUT2D eigenvalue weighted by atomic mass is 19.1.